The number of nitrogens with one attached hydrogen (secondary N) is 1. The summed E-state index contributed by atoms with van der Waals surface area (Å²) in [4.78, 5) is 34.9. The van der Waals surface area contributed by atoms with Gasteiger partial charge in [-0.3, -0.25) is 9.59 Å². The van der Waals surface area contributed by atoms with E-state index in [1.54, 1.807) is 35.9 Å². The maximum Gasteiger partial charge on any atom is 0.255 e. The summed E-state index contributed by atoms with van der Waals surface area (Å²) >= 11 is 0. The van der Waals surface area contributed by atoms with Gasteiger partial charge in [-0.1, -0.05) is 12.5 Å². The first-order valence-corrected chi connectivity index (χ1v) is 12.2. The van der Waals surface area contributed by atoms with Crippen LogP contribution < -0.4 is 11.1 Å². The molecule has 2 aromatic heterocycles. The summed E-state index contributed by atoms with van der Waals surface area (Å²) in [7, 11) is 3.25. The predicted molar refractivity (Wildman–Crippen MR) is 144 cm³/mol. The summed E-state index contributed by atoms with van der Waals surface area (Å²) in [5.41, 5.74) is 8.54. The molecule has 1 aliphatic heterocycles. The van der Waals surface area contributed by atoms with E-state index in [-0.39, 0.29) is 29.2 Å². The normalized spacial score (nSPS) is 16.7. The minimum absolute atomic E-state index is 0.147. The lowest BCUT2D eigenvalue weighted by molar-refractivity contribution is -0.127. The molecule has 3 N–H and O–H groups in total. The number of carbonyl (C=O) groups is 2. The van der Waals surface area contributed by atoms with E-state index >= 15 is 0 Å². The van der Waals surface area contributed by atoms with Crippen molar-refractivity contribution in [1.29, 1.82) is 0 Å². The number of carbonyl (C=O) groups excluding carboxylic acids is 2. The molecular formula is C27H30N8O3. The van der Waals surface area contributed by atoms with E-state index in [9.17, 15) is 9.59 Å². The number of amides is 2. The molecule has 1 aliphatic rings. The van der Waals surface area contributed by atoms with E-state index in [2.05, 4.69) is 38.7 Å². The number of methoxy groups -OCH3 is 1. The molecule has 1 fully saturated rings. The van der Waals surface area contributed by atoms with Gasteiger partial charge in [-0.2, -0.15) is 5.10 Å². The number of rotatable bonds is 7. The summed E-state index contributed by atoms with van der Waals surface area (Å²) in [5.74, 6) is 6.35. The topological polar surface area (TPSA) is 125 Å². The van der Waals surface area contributed by atoms with Gasteiger partial charge in [0.15, 0.2) is 5.69 Å². The van der Waals surface area contributed by atoms with E-state index < -0.39 is 5.91 Å². The van der Waals surface area contributed by atoms with E-state index in [4.69, 9.17) is 17.0 Å². The largest absolute Gasteiger partial charge is 0.383 e. The number of nitrogens with zero attached hydrogens (tertiary/aromatic N) is 6. The molecule has 0 aliphatic carbocycles. The first-order valence-electron chi connectivity index (χ1n) is 12.2. The van der Waals surface area contributed by atoms with Crippen molar-refractivity contribution in [1.82, 2.24) is 24.2 Å². The van der Waals surface area contributed by atoms with Crippen LogP contribution in [-0.4, -0.2) is 69.4 Å². The third kappa shape index (κ3) is 4.60. The van der Waals surface area contributed by atoms with Crippen LogP contribution in [0, 0.1) is 25.3 Å². The van der Waals surface area contributed by atoms with Crippen LogP contribution in [0.2, 0.25) is 0 Å². The first kappa shape index (κ1) is 26.5. The van der Waals surface area contributed by atoms with E-state index in [0.717, 1.165) is 23.4 Å². The van der Waals surface area contributed by atoms with Crippen LogP contribution >= 0.6 is 0 Å². The summed E-state index contributed by atoms with van der Waals surface area (Å²) in [5, 5.41) is 7.66. The quantitative estimate of drug-likeness (QED) is 0.284. The maximum absolute atomic E-state index is 12.5. The van der Waals surface area contributed by atoms with Gasteiger partial charge >= 0.3 is 0 Å². The molecule has 3 heterocycles. The number of benzene rings is 1. The van der Waals surface area contributed by atoms with Gasteiger partial charge in [0.25, 0.3) is 5.91 Å². The van der Waals surface area contributed by atoms with Crippen LogP contribution in [0.1, 0.15) is 46.8 Å². The fraction of sp³-hybridized carbons (Fsp3) is 0.370. The van der Waals surface area contributed by atoms with Crippen molar-refractivity contribution in [3.8, 4) is 11.8 Å². The van der Waals surface area contributed by atoms with Gasteiger partial charge in [0.2, 0.25) is 11.6 Å². The fourth-order valence-electron chi connectivity index (χ4n) is 5.06. The number of fused-ring (bicyclic) bond motifs is 1. The number of aryl methyl sites for hydroxylation is 2. The highest BCUT2D eigenvalue weighted by atomic mass is 16.5. The minimum atomic E-state index is -0.687. The molecule has 2 amide bonds. The zero-order valence-electron chi connectivity index (χ0n) is 21.9. The number of anilines is 1. The number of primary amides is 1. The maximum atomic E-state index is 12.5. The Morgan fingerprint density at radius 3 is 2.76 bits per heavy atom. The Morgan fingerprint density at radius 1 is 1.39 bits per heavy atom. The van der Waals surface area contributed by atoms with Crippen LogP contribution in [0.15, 0.2) is 24.8 Å². The smallest absolute Gasteiger partial charge is 0.255 e. The lowest BCUT2D eigenvalue weighted by atomic mass is 10.1. The lowest BCUT2D eigenvalue weighted by Gasteiger charge is -2.22. The van der Waals surface area contributed by atoms with Gasteiger partial charge in [-0.05, 0) is 44.4 Å². The molecule has 0 spiro atoms. The Bertz CT molecular complexity index is 1530. The van der Waals surface area contributed by atoms with E-state index in [1.807, 2.05) is 18.4 Å². The van der Waals surface area contributed by atoms with Crippen molar-refractivity contribution < 1.29 is 14.3 Å². The molecule has 0 radical (unpaired) electrons. The molecule has 1 saturated heterocycles. The van der Waals surface area contributed by atoms with Gasteiger partial charge in [0.1, 0.15) is 17.2 Å². The van der Waals surface area contributed by atoms with Crippen molar-refractivity contribution >= 4 is 34.4 Å². The van der Waals surface area contributed by atoms with Crippen molar-refractivity contribution in [3.63, 3.8) is 0 Å². The second-order valence-electron chi connectivity index (χ2n) is 8.95. The number of hydrogen-bond donors (Lipinski definition) is 2. The highest BCUT2D eigenvalue weighted by Gasteiger charge is 2.37. The third-order valence-electron chi connectivity index (χ3n) is 6.76. The standard InChI is InChI=1S/C27H30N8O3/c1-7-24(36)34-14-18(12-19(34)15-38-6)35-27(30-5)25(26(28)37)20(32-35)10-9-17-11-22-23(13-21(17)29-4)33(8-2)16(3)31-22/h7,11,13,18-19,30H,1,8,12,14-15H2,2-3,5-6H3,(H2,28,37)/t18-,19+/m0/s1. The van der Waals surface area contributed by atoms with E-state index in [1.165, 1.54) is 6.08 Å². The van der Waals surface area contributed by atoms with Gasteiger partial charge in [-0.25, -0.2) is 14.5 Å². The van der Waals surface area contributed by atoms with Gasteiger partial charge in [-0.15, -0.1) is 0 Å². The van der Waals surface area contributed by atoms with Crippen molar-refractivity contribution in [2.45, 2.75) is 38.9 Å². The Kier molecular flexibility index (Phi) is 7.51. The molecule has 196 valence electrons. The summed E-state index contributed by atoms with van der Waals surface area (Å²) in [6, 6.07) is 3.14. The zero-order chi connectivity index (χ0) is 27.6. The van der Waals surface area contributed by atoms with Crippen LogP contribution in [0.4, 0.5) is 11.5 Å². The average molecular weight is 515 g/mol. The summed E-state index contributed by atoms with van der Waals surface area (Å²) < 4.78 is 9.01. The van der Waals surface area contributed by atoms with E-state index in [0.29, 0.717) is 36.6 Å². The Hall–Kier alpha value is -4.61. The zero-order valence-corrected chi connectivity index (χ0v) is 21.9. The number of aromatic nitrogens is 4. The van der Waals surface area contributed by atoms with Crippen molar-refractivity contribution in [2.24, 2.45) is 5.73 Å². The average Bonchev–Trinajstić information content (AvgIpc) is 3.58. The van der Waals surface area contributed by atoms with Crippen molar-refractivity contribution in [3.05, 3.63) is 58.9 Å². The molecule has 2 atom stereocenters. The van der Waals surface area contributed by atoms with Gasteiger partial charge in [0.05, 0.1) is 36.3 Å². The molecule has 38 heavy (non-hydrogen) atoms. The molecule has 0 bridgehead atoms. The molecule has 0 saturated carbocycles. The Morgan fingerprint density at radius 2 is 2.16 bits per heavy atom. The molecular weight excluding hydrogens is 484 g/mol. The molecule has 0 unspecified atom stereocenters. The first-order chi connectivity index (χ1) is 18.3. The Balaban J connectivity index is 1.79. The summed E-state index contributed by atoms with van der Waals surface area (Å²) in [6.07, 6.45) is 1.84. The third-order valence-corrected chi connectivity index (χ3v) is 6.76. The monoisotopic (exact) mass is 514 g/mol. The molecule has 3 aromatic rings. The highest BCUT2D eigenvalue weighted by Crippen LogP contribution is 2.33. The second kappa shape index (κ2) is 10.8. The predicted octanol–water partition coefficient (Wildman–Crippen LogP) is 2.63. The Labute approximate surface area is 221 Å². The minimum Gasteiger partial charge on any atom is -0.383 e. The van der Waals surface area contributed by atoms with Crippen LogP contribution in [0.5, 0.6) is 0 Å². The number of imidazole rings is 1. The number of hydrogen-bond acceptors (Lipinski definition) is 6. The number of likely N-dealkylation sites (tertiary alicyclic amines) is 1. The highest BCUT2D eigenvalue weighted by molar-refractivity contribution is 6.00. The number of ether oxygens (including phenoxy) is 1. The second-order valence-corrected chi connectivity index (χ2v) is 8.95. The fourth-order valence-corrected chi connectivity index (χ4v) is 5.06. The SMILES string of the molecule is [C-]#[N+]c1cc2c(cc1C#Cc1nn([C@H]3C[C@H](COC)N(C(=O)C=C)C3)c(NC)c1C(N)=O)nc(C)n2CC. The number of nitrogens with two attached hydrogens (primary N) is 1. The molecule has 1 aromatic carbocycles. The van der Waals surface area contributed by atoms with Crippen molar-refractivity contribution in [2.75, 3.05) is 32.6 Å². The van der Waals surface area contributed by atoms with Gasteiger partial charge in [0, 0.05) is 32.8 Å². The molecule has 11 nitrogen and oxygen atoms in total. The van der Waals surface area contributed by atoms with Gasteiger partial charge < -0.3 is 25.3 Å². The van der Waals surface area contributed by atoms with Crippen LogP contribution in [-0.2, 0) is 16.1 Å². The molecule has 4 rings (SSSR count). The molecule has 11 heteroatoms. The van der Waals surface area contributed by atoms with Crippen LogP contribution in [0.25, 0.3) is 15.9 Å². The van der Waals surface area contributed by atoms with Crippen LogP contribution in [0.3, 0.4) is 0 Å². The summed E-state index contributed by atoms with van der Waals surface area (Å²) in [6.45, 7) is 16.7. The lowest BCUT2D eigenvalue weighted by Crippen LogP contribution is -2.37.